The molecule has 164 valence electrons. The second-order valence-corrected chi connectivity index (χ2v) is 8.18. The molecule has 1 aromatic heterocycles. The lowest BCUT2D eigenvalue weighted by Crippen LogP contribution is -2.30. The van der Waals surface area contributed by atoms with Gasteiger partial charge in [0.2, 0.25) is 5.95 Å². The van der Waals surface area contributed by atoms with Gasteiger partial charge >= 0.3 is 6.18 Å². The number of hydrogen-bond donors (Lipinski definition) is 3. The number of alkyl halides is 3. The maximum Gasteiger partial charge on any atom is 0.416 e. The molecule has 0 radical (unpaired) electrons. The van der Waals surface area contributed by atoms with E-state index in [1.54, 1.807) is 6.07 Å². The highest BCUT2D eigenvalue weighted by Crippen LogP contribution is 2.35. The van der Waals surface area contributed by atoms with Gasteiger partial charge in [-0.2, -0.15) is 18.2 Å². The summed E-state index contributed by atoms with van der Waals surface area (Å²) >= 11 is 3.20. The Balaban J connectivity index is 1.98. The first-order valence-electron chi connectivity index (χ1n) is 9.63. The van der Waals surface area contributed by atoms with Crippen molar-refractivity contribution in [2.75, 3.05) is 17.2 Å². The van der Waals surface area contributed by atoms with E-state index < -0.39 is 11.7 Å². The predicted octanol–water partition coefficient (Wildman–Crippen LogP) is 6.10. The first-order valence-corrected chi connectivity index (χ1v) is 10.4. The third-order valence-electron chi connectivity index (χ3n) is 4.67. The highest BCUT2D eigenvalue weighted by molar-refractivity contribution is 9.10. The molecular formula is C22H22BrF3N4O. The van der Waals surface area contributed by atoms with Gasteiger partial charge in [-0.15, -0.1) is 0 Å². The zero-order valence-electron chi connectivity index (χ0n) is 16.9. The maximum absolute atomic E-state index is 12.9. The van der Waals surface area contributed by atoms with Gasteiger partial charge in [0.1, 0.15) is 5.82 Å². The number of nitrogens with zero attached hydrogens (tertiary/aromatic N) is 2. The molecular weight excluding hydrogens is 473 g/mol. The molecule has 0 amide bonds. The van der Waals surface area contributed by atoms with Crippen LogP contribution in [0.3, 0.4) is 0 Å². The predicted molar refractivity (Wildman–Crippen MR) is 119 cm³/mol. The molecule has 0 aliphatic heterocycles. The van der Waals surface area contributed by atoms with Crippen LogP contribution in [0, 0.1) is 5.92 Å². The molecule has 0 bridgehead atoms. The van der Waals surface area contributed by atoms with Crippen LogP contribution >= 0.6 is 15.9 Å². The molecule has 0 aliphatic rings. The first kappa shape index (κ1) is 23.0. The topological polar surface area (TPSA) is 70.1 Å². The molecule has 0 fully saturated rings. The van der Waals surface area contributed by atoms with Crippen molar-refractivity contribution in [3.63, 3.8) is 0 Å². The molecule has 0 saturated heterocycles. The Labute approximate surface area is 186 Å². The minimum absolute atomic E-state index is 0.0934. The van der Waals surface area contributed by atoms with Gasteiger partial charge in [-0.25, -0.2) is 4.98 Å². The fraction of sp³-hybridized carbons (Fsp3) is 0.273. The fourth-order valence-electron chi connectivity index (χ4n) is 2.85. The number of hydrogen-bond acceptors (Lipinski definition) is 5. The van der Waals surface area contributed by atoms with Crippen LogP contribution in [0.15, 0.2) is 59.1 Å². The van der Waals surface area contributed by atoms with E-state index in [9.17, 15) is 18.3 Å². The zero-order valence-corrected chi connectivity index (χ0v) is 18.5. The molecule has 0 saturated carbocycles. The van der Waals surface area contributed by atoms with E-state index >= 15 is 0 Å². The Morgan fingerprint density at radius 1 is 1.03 bits per heavy atom. The van der Waals surface area contributed by atoms with Crippen molar-refractivity contribution in [3.05, 3.63) is 64.6 Å². The van der Waals surface area contributed by atoms with Gasteiger partial charge in [-0.05, 0) is 40.0 Å². The van der Waals surface area contributed by atoms with E-state index in [0.717, 1.165) is 17.7 Å². The van der Waals surface area contributed by atoms with Crippen molar-refractivity contribution in [1.82, 2.24) is 9.97 Å². The number of benzene rings is 2. The third-order valence-corrected chi connectivity index (χ3v) is 5.33. The number of aliphatic hydroxyl groups excluding tert-OH is 1. The summed E-state index contributed by atoms with van der Waals surface area (Å²) in [5.41, 5.74) is 1.17. The molecule has 3 aromatic rings. The summed E-state index contributed by atoms with van der Waals surface area (Å²) in [7, 11) is 0. The average Bonchev–Trinajstić information content (AvgIpc) is 2.73. The molecule has 9 heteroatoms. The van der Waals surface area contributed by atoms with Gasteiger partial charge in [0, 0.05) is 16.1 Å². The van der Waals surface area contributed by atoms with E-state index in [1.807, 2.05) is 44.2 Å². The summed E-state index contributed by atoms with van der Waals surface area (Å²) in [4.78, 5) is 9.00. The van der Waals surface area contributed by atoms with Crippen LogP contribution in [0.1, 0.15) is 19.4 Å². The van der Waals surface area contributed by atoms with E-state index in [0.29, 0.717) is 23.1 Å². The maximum atomic E-state index is 12.9. The summed E-state index contributed by atoms with van der Waals surface area (Å²) in [5.74, 6) is 0.839. The van der Waals surface area contributed by atoms with Crippen molar-refractivity contribution in [3.8, 4) is 11.3 Å². The standard InChI is InChI=1S/C22H22BrF3N4O/c1-13(2)19(12-31)29-21-28-18(14-6-4-3-5-7-14)11-20(30-21)27-17-9-8-15(10-16(17)23)22(24,25)26/h3-11,13,19,31H,12H2,1-2H3,(H2,27,28,29,30)/t19-/m0/s1. The zero-order chi connectivity index (χ0) is 22.6. The lowest BCUT2D eigenvalue weighted by Gasteiger charge is -2.21. The third kappa shape index (κ3) is 5.95. The van der Waals surface area contributed by atoms with Crippen molar-refractivity contribution in [2.24, 2.45) is 5.92 Å². The van der Waals surface area contributed by atoms with Gasteiger partial charge in [0.25, 0.3) is 0 Å². The van der Waals surface area contributed by atoms with Crippen LogP contribution in [0.5, 0.6) is 0 Å². The highest BCUT2D eigenvalue weighted by Gasteiger charge is 2.30. The lowest BCUT2D eigenvalue weighted by molar-refractivity contribution is -0.137. The summed E-state index contributed by atoms with van der Waals surface area (Å²) in [6, 6.07) is 14.3. The van der Waals surface area contributed by atoms with Crippen LogP contribution in [0.25, 0.3) is 11.3 Å². The summed E-state index contributed by atoms with van der Waals surface area (Å²) in [6.45, 7) is 3.84. The largest absolute Gasteiger partial charge is 0.416 e. The van der Waals surface area contributed by atoms with Gasteiger partial charge in [0.05, 0.1) is 29.6 Å². The minimum atomic E-state index is -4.43. The van der Waals surface area contributed by atoms with Gasteiger partial charge in [0.15, 0.2) is 0 Å². The second-order valence-electron chi connectivity index (χ2n) is 7.32. The quantitative estimate of drug-likeness (QED) is 0.370. The molecule has 2 aromatic carbocycles. The number of aromatic nitrogens is 2. The Morgan fingerprint density at radius 2 is 1.74 bits per heavy atom. The Morgan fingerprint density at radius 3 is 2.32 bits per heavy atom. The molecule has 0 aliphatic carbocycles. The number of anilines is 3. The Bertz CT molecular complexity index is 1030. The van der Waals surface area contributed by atoms with Crippen LogP contribution in [-0.4, -0.2) is 27.7 Å². The van der Waals surface area contributed by atoms with Crippen LogP contribution < -0.4 is 10.6 Å². The van der Waals surface area contributed by atoms with Gasteiger partial charge < -0.3 is 15.7 Å². The van der Waals surface area contributed by atoms with Crippen LogP contribution in [0.2, 0.25) is 0 Å². The molecule has 3 rings (SSSR count). The van der Waals surface area contributed by atoms with Crippen molar-refractivity contribution in [2.45, 2.75) is 26.1 Å². The molecule has 0 unspecified atom stereocenters. The van der Waals surface area contributed by atoms with E-state index in [-0.39, 0.29) is 23.0 Å². The smallest absolute Gasteiger partial charge is 0.394 e. The number of nitrogens with one attached hydrogen (secondary N) is 2. The summed E-state index contributed by atoms with van der Waals surface area (Å²) in [5, 5.41) is 15.8. The van der Waals surface area contributed by atoms with Gasteiger partial charge in [-0.3, -0.25) is 0 Å². The number of rotatable bonds is 7. The highest BCUT2D eigenvalue weighted by atomic mass is 79.9. The van der Waals surface area contributed by atoms with E-state index in [4.69, 9.17) is 0 Å². The second kappa shape index (κ2) is 9.65. The number of aliphatic hydroxyl groups is 1. The first-order chi connectivity index (χ1) is 14.7. The van der Waals surface area contributed by atoms with E-state index in [1.165, 1.54) is 6.07 Å². The van der Waals surface area contributed by atoms with Crippen LogP contribution in [-0.2, 0) is 6.18 Å². The van der Waals surface area contributed by atoms with E-state index in [2.05, 4.69) is 36.5 Å². The Hall–Kier alpha value is -2.65. The normalized spacial score (nSPS) is 12.6. The van der Waals surface area contributed by atoms with Crippen LogP contribution in [0.4, 0.5) is 30.6 Å². The van der Waals surface area contributed by atoms with Gasteiger partial charge in [-0.1, -0.05) is 44.2 Å². The fourth-order valence-corrected chi connectivity index (χ4v) is 3.33. The lowest BCUT2D eigenvalue weighted by atomic mass is 10.1. The molecule has 3 N–H and O–H groups in total. The molecule has 1 atom stereocenters. The van der Waals surface area contributed by atoms with Crippen molar-refractivity contribution >= 4 is 33.4 Å². The Kier molecular flexibility index (Phi) is 7.17. The summed E-state index contributed by atoms with van der Waals surface area (Å²) < 4.78 is 39.1. The monoisotopic (exact) mass is 494 g/mol. The van der Waals surface area contributed by atoms with Crippen molar-refractivity contribution in [1.29, 1.82) is 0 Å². The SMILES string of the molecule is CC(C)[C@H](CO)Nc1nc(Nc2ccc(C(F)(F)F)cc2Br)cc(-c2ccccc2)n1. The average molecular weight is 495 g/mol. The minimum Gasteiger partial charge on any atom is -0.394 e. The van der Waals surface area contributed by atoms with Crippen molar-refractivity contribution < 1.29 is 18.3 Å². The number of halogens is 4. The molecule has 0 spiro atoms. The molecule has 31 heavy (non-hydrogen) atoms. The molecule has 1 heterocycles. The summed E-state index contributed by atoms with van der Waals surface area (Å²) in [6.07, 6.45) is -4.43. The molecule has 5 nitrogen and oxygen atoms in total.